The van der Waals surface area contributed by atoms with Gasteiger partial charge in [-0.25, -0.2) is 0 Å². The predicted molar refractivity (Wildman–Crippen MR) is 21.7 cm³/mol. The van der Waals surface area contributed by atoms with Crippen molar-refractivity contribution in [2.75, 3.05) is 0 Å². The topological polar surface area (TPSA) is 0 Å². The normalized spacial score (nSPS) is 6.00. The van der Waals surface area contributed by atoms with E-state index in [0.29, 0.717) is 0 Å². The van der Waals surface area contributed by atoms with Gasteiger partial charge < -0.3 is 1.43 Å². The van der Waals surface area contributed by atoms with E-state index in [9.17, 15) is 0 Å². The van der Waals surface area contributed by atoms with Crippen LogP contribution in [-0.2, 0) is 0 Å². The van der Waals surface area contributed by atoms with Crippen molar-refractivity contribution in [1.29, 1.82) is 0 Å². The molecule has 0 aromatic heterocycles. The van der Waals surface area contributed by atoms with Crippen LogP contribution in [0, 0.1) is 0 Å². The molecule has 1 heteroatoms. The van der Waals surface area contributed by atoms with Gasteiger partial charge in [-0.15, -0.1) is 0 Å². The van der Waals surface area contributed by atoms with Gasteiger partial charge in [0, 0.05) is 0 Å². The SMILES string of the molecule is CCCC.[H-].[Na+]. The fourth-order valence-electron chi connectivity index (χ4n) is 0. The first kappa shape index (κ1) is 9.38. The van der Waals surface area contributed by atoms with Crippen molar-refractivity contribution in [3.05, 3.63) is 0 Å². The van der Waals surface area contributed by atoms with Gasteiger partial charge in [0.15, 0.2) is 0 Å². The molecule has 0 bridgehead atoms. The summed E-state index contributed by atoms with van der Waals surface area (Å²) in [6.07, 6.45) is 2.64. The fraction of sp³-hybridized carbons (Fsp3) is 1.00. The minimum atomic E-state index is 0. The molecular formula is C4H11Na. The van der Waals surface area contributed by atoms with Crippen LogP contribution < -0.4 is 29.6 Å². The van der Waals surface area contributed by atoms with Gasteiger partial charge in [0.05, 0.1) is 0 Å². The molecule has 0 aromatic carbocycles. The van der Waals surface area contributed by atoms with E-state index in [4.69, 9.17) is 0 Å². The van der Waals surface area contributed by atoms with E-state index < -0.39 is 0 Å². The second-order valence-corrected chi connectivity index (χ2v) is 1.000. The van der Waals surface area contributed by atoms with Gasteiger partial charge >= 0.3 is 29.6 Å². The Kier molecular flexibility index (Phi) is 16.7. The van der Waals surface area contributed by atoms with Crippen molar-refractivity contribution in [3.8, 4) is 0 Å². The molecule has 0 N–H and O–H groups in total. The third kappa shape index (κ3) is 11.2. The maximum atomic E-state index is 2.18. The average molecular weight is 82.1 g/mol. The van der Waals surface area contributed by atoms with Crippen LogP contribution in [-0.4, -0.2) is 0 Å². The van der Waals surface area contributed by atoms with E-state index in [1.54, 1.807) is 0 Å². The van der Waals surface area contributed by atoms with Gasteiger partial charge in [0.2, 0.25) is 0 Å². The summed E-state index contributed by atoms with van der Waals surface area (Å²) < 4.78 is 0. The summed E-state index contributed by atoms with van der Waals surface area (Å²) >= 11 is 0. The zero-order chi connectivity index (χ0) is 3.41. The Morgan fingerprint density at radius 2 is 1.40 bits per heavy atom. The van der Waals surface area contributed by atoms with E-state index in [2.05, 4.69) is 13.8 Å². The molecule has 0 radical (unpaired) electrons. The summed E-state index contributed by atoms with van der Waals surface area (Å²) in [7, 11) is 0. The predicted octanol–water partition coefficient (Wildman–Crippen LogP) is -1.08. The molecule has 0 unspecified atom stereocenters. The second kappa shape index (κ2) is 8.89. The van der Waals surface area contributed by atoms with Crippen LogP contribution in [0.4, 0.5) is 0 Å². The Morgan fingerprint density at radius 3 is 1.40 bits per heavy atom. The summed E-state index contributed by atoms with van der Waals surface area (Å²) in [5, 5.41) is 0. The van der Waals surface area contributed by atoms with Crippen LogP contribution >= 0.6 is 0 Å². The van der Waals surface area contributed by atoms with Crippen molar-refractivity contribution in [2.45, 2.75) is 26.7 Å². The molecular weight excluding hydrogens is 71.0 g/mol. The molecule has 0 spiro atoms. The molecule has 0 nitrogen and oxygen atoms in total. The first-order valence-corrected chi connectivity index (χ1v) is 1.91. The van der Waals surface area contributed by atoms with Crippen LogP contribution in [0.1, 0.15) is 28.1 Å². The van der Waals surface area contributed by atoms with E-state index in [1.807, 2.05) is 0 Å². The molecule has 0 rings (SSSR count). The van der Waals surface area contributed by atoms with E-state index in [1.165, 1.54) is 12.8 Å². The molecule has 0 amide bonds. The molecule has 0 atom stereocenters. The maximum absolute atomic E-state index is 2.18. The van der Waals surface area contributed by atoms with E-state index >= 15 is 0 Å². The van der Waals surface area contributed by atoms with Gasteiger partial charge in [0.1, 0.15) is 0 Å². The first-order valence-electron chi connectivity index (χ1n) is 1.91. The van der Waals surface area contributed by atoms with Crippen molar-refractivity contribution >= 4 is 0 Å². The largest absolute Gasteiger partial charge is 1.00 e. The zero-order valence-corrected chi connectivity index (χ0v) is 6.41. The molecule has 0 aliphatic heterocycles. The third-order valence-electron chi connectivity index (χ3n) is 0.500. The number of rotatable bonds is 1. The number of hydrogen-bond donors (Lipinski definition) is 0. The quantitative estimate of drug-likeness (QED) is 0.353. The fourth-order valence-corrected chi connectivity index (χ4v) is 0. The van der Waals surface area contributed by atoms with Gasteiger partial charge in [-0.05, 0) is 0 Å². The maximum Gasteiger partial charge on any atom is 1.00 e. The Labute approximate surface area is 57.7 Å². The second-order valence-electron chi connectivity index (χ2n) is 1.000. The molecule has 5 heavy (non-hydrogen) atoms. The molecule has 0 aliphatic rings. The molecule has 0 aromatic rings. The molecule has 0 saturated carbocycles. The summed E-state index contributed by atoms with van der Waals surface area (Å²) in [4.78, 5) is 0. The Bertz CT molecular complexity index is 9.51. The summed E-state index contributed by atoms with van der Waals surface area (Å²) in [6, 6.07) is 0. The molecule has 0 aliphatic carbocycles. The Morgan fingerprint density at radius 1 is 1.20 bits per heavy atom. The van der Waals surface area contributed by atoms with Gasteiger partial charge in [-0.2, -0.15) is 0 Å². The minimum Gasteiger partial charge on any atom is -1.00 e. The van der Waals surface area contributed by atoms with Crippen molar-refractivity contribution < 1.29 is 31.0 Å². The zero-order valence-electron chi connectivity index (χ0n) is 5.41. The van der Waals surface area contributed by atoms with E-state index in [-0.39, 0.29) is 31.0 Å². The molecule has 0 heterocycles. The van der Waals surface area contributed by atoms with Crippen LogP contribution in [0.2, 0.25) is 0 Å². The van der Waals surface area contributed by atoms with Crippen LogP contribution in [0.15, 0.2) is 0 Å². The van der Waals surface area contributed by atoms with E-state index in [0.717, 1.165) is 0 Å². The minimum absolute atomic E-state index is 0. The monoisotopic (exact) mass is 82.1 g/mol. The van der Waals surface area contributed by atoms with Crippen molar-refractivity contribution in [3.63, 3.8) is 0 Å². The third-order valence-corrected chi connectivity index (χ3v) is 0.500. The summed E-state index contributed by atoms with van der Waals surface area (Å²) in [5.41, 5.74) is 0. The summed E-state index contributed by atoms with van der Waals surface area (Å²) in [5.74, 6) is 0. The average Bonchev–Trinajstić information content (AvgIpc) is 1.37. The Hall–Kier alpha value is 1.00. The van der Waals surface area contributed by atoms with Crippen LogP contribution in [0.25, 0.3) is 0 Å². The smallest absolute Gasteiger partial charge is 1.00 e. The van der Waals surface area contributed by atoms with Gasteiger partial charge in [0.25, 0.3) is 0 Å². The van der Waals surface area contributed by atoms with Crippen molar-refractivity contribution in [1.82, 2.24) is 0 Å². The van der Waals surface area contributed by atoms with Crippen LogP contribution in [0.5, 0.6) is 0 Å². The molecule has 28 valence electrons. The van der Waals surface area contributed by atoms with Gasteiger partial charge in [-0.3, -0.25) is 0 Å². The van der Waals surface area contributed by atoms with Crippen LogP contribution in [0.3, 0.4) is 0 Å². The van der Waals surface area contributed by atoms with Crippen molar-refractivity contribution in [2.24, 2.45) is 0 Å². The number of unbranched alkanes of at least 4 members (excludes halogenated alkanes) is 1. The first-order chi connectivity index (χ1) is 1.91. The summed E-state index contributed by atoms with van der Waals surface area (Å²) in [6.45, 7) is 4.36. The molecule has 0 saturated heterocycles. The molecule has 0 fully saturated rings. The standard InChI is InChI=1S/C4H10.Na.H/c1-3-4-2;;/h3-4H2,1-2H3;;/q;+1;-1. The van der Waals surface area contributed by atoms with Gasteiger partial charge in [-0.1, -0.05) is 26.7 Å². The number of hydrogen-bond acceptors (Lipinski definition) is 0. The Balaban J connectivity index is -0.0000000450.